The number of hydrogen-bond acceptors (Lipinski definition) is 12. The van der Waals surface area contributed by atoms with Gasteiger partial charge in [0, 0.05) is 5.70 Å². The lowest BCUT2D eigenvalue weighted by atomic mass is 9.95. The zero-order valence-corrected chi connectivity index (χ0v) is 23.0. The normalized spacial score (nSPS) is 15.5. The van der Waals surface area contributed by atoms with Crippen LogP contribution in [0.2, 0.25) is 0 Å². The highest BCUT2D eigenvalue weighted by Crippen LogP contribution is 2.35. The predicted octanol–water partition coefficient (Wildman–Crippen LogP) is 2.13. The van der Waals surface area contributed by atoms with E-state index in [4.69, 9.17) is 23.7 Å². The van der Waals surface area contributed by atoms with Crippen LogP contribution in [-0.4, -0.2) is 69.0 Å². The molecule has 1 aliphatic heterocycles. The third-order valence-electron chi connectivity index (χ3n) is 5.83. The average molecular weight is 574 g/mol. The number of methoxy groups -OCH3 is 3. The van der Waals surface area contributed by atoms with Gasteiger partial charge in [0.1, 0.15) is 6.61 Å². The fraction of sp³-hybridized carbons (Fsp3) is 0.346. The number of aliphatic hydroxyl groups is 1. The summed E-state index contributed by atoms with van der Waals surface area (Å²) in [7, 11) is 4.00. The van der Waals surface area contributed by atoms with Gasteiger partial charge in [0.05, 0.1) is 62.3 Å². The Labute approximate surface area is 235 Å². The van der Waals surface area contributed by atoms with E-state index in [1.165, 1.54) is 33.5 Å². The summed E-state index contributed by atoms with van der Waals surface area (Å²) in [5.74, 6) is 0.423. The molecule has 2 amide bonds. The number of nitrogens with one attached hydrogen (secondary N) is 3. The maximum atomic E-state index is 12.4. The minimum atomic E-state index is -1.31. The molecule has 4 N–H and O–H groups in total. The molecule has 2 atom stereocenters. The van der Waals surface area contributed by atoms with Gasteiger partial charge in [0.2, 0.25) is 0 Å². The predicted molar refractivity (Wildman–Crippen MR) is 145 cm³/mol. The van der Waals surface area contributed by atoms with Gasteiger partial charge in [-0.15, -0.1) is 0 Å². The topological polar surface area (TPSA) is 192 Å². The maximum absolute atomic E-state index is 12.4. The molecule has 0 bridgehead atoms. The number of nitrogens with zero attached hydrogens (tertiary/aromatic N) is 2. The van der Waals surface area contributed by atoms with Crippen molar-refractivity contribution in [1.29, 1.82) is 0 Å². The first kappa shape index (κ1) is 30.5. The molecule has 0 unspecified atom stereocenters. The molecule has 0 radical (unpaired) electrons. The Morgan fingerprint density at radius 3 is 2.49 bits per heavy atom. The van der Waals surface area contributed by atoms with Gasteiger partial charge in [-0.25, -0.2) is 9.59 Å². The van der Waals surface area contributed by atoms with Crippen LogP contribution in [-0.2, 0) is 9.53 Å². The number of nitro groups is 1. The molecular weight excluding hydrogens is 542 g/mol. The number of hydrogen-bond donors (Lipinski definition) is 4. The van der Waals surface area contributed by atoms with Crippen LogP contribution in [0.4, 0.5) is 10.5 Å². The Balaban J connectivity index is 1.74. The Bertz CT molecular complexity index is 1360. The largest absolute Gasteiger partial charge is 0.493 e. The highest BCUT2D eigenvalue weighted by atomic mass is 16.6. The molecule has 1 aliphatic rings. The van der Waals surface area contributed by atoms with Crippen molar-refractivity contribution in [3.63, 3.8) is 0 Å². The number of hydrazone groups is 1. The van der Waals surface area contributed by atoms with E-state index in [1.807, 2.05) is 0 Å². The molecule has 41 heavy (non-hydrogen) atoms. The molecule has 15 heteroatoms. The van der Waals surface area contributed by atoms with E-state index < -0.39 is 29.2 Å². The molecule has 15 nitrogen and oxygen atoms in total. The number of urea groups is 1. The minimum Gasteiger partial charge on any atom is -0.493 e. The Hall–Kier alpha value is -5.05. The first-order valence-corrected chi connectivity index (χ1v) is 12.3. The van der Waals surface area contributed by atoms with Gasteiger partial charge in [-0.1, -0.05) is 6.07 Å². The van der Waals surface area contributed by atoms with Crippen LogP contribution >= 0.6 is 0 Å². The number of rotatable bonds is 13. The average Bonchev–Trinajstić information content (AvgIpc) is 2.95. The van der Waals surface area contributed by atoms with E-state index >= 15 is 0 Å². The number of benzene rings is 2. The minimum absolute atomic E-state index is 0.114. The number of allylic oxidation sites excluding steroid dienone is 1. The van der Waals surface area contributed by atoms with Crippen LogP contribution in [0.1, 0.15) is 31.0 Å². The van der Waals surface area contributed by atoms with Crippen LogP contribution in [0, 0.1) is 10.1 Å². The van der Waals surface area contributed by atoms with E-state index in [0.717, 1.165) is 6.21 Å². The zero-order chi connectivity index (χ0) is 30.1. The standard InChI is InChI=1S/C26H31N5O10/c1-6-40-21-9-15(24-23(25(33)39-5)14(2)28-26(34)29-24)7-8-18(21)41-13-22(32)30-27-12-16-10-19(37-3)20(38-4)11-17(16)31(35)36/h7-12,22,24,30,32H,6,13H2,1-5H3,(H2,28,29,34)/b27-12-/t22-,24+/m0/s1. The Morgan fingerprint density at radius 2 is 1.85 bits per heavy atom. The fourth-order valence-electron chi connectivity index (χ4n) is 3.96. The summed E-state index contributed by atoms with van der Waals surface area (Å²) in [5.41, 5.74) is 3.40. The highest BCUT2D eigenvalue weighted by Gasteiger charge is 2.32. The molecule has 0 aliphatic carbocycles. The van der Waals surface area contributed by atoms with Gasteiger partial charge >= 0.3 is 12.0 Å². The lowest BCUT2D eigenvalue weighted by molar-refractivity contribution is -0.385. The molecule has 1 heterocycles. The third kappa shape index (κ3) is 7.33. The van der Waals surface area contributed by atoms with Gasteiger partial charge in [-0.05, 0) is 37.6 Å². The van der Waals surface area contributed by atoms with Crippen LogP contribution < -0.4 is 35.0 Å². The zero-order valence-electron chi connectivity index (χ0n) is 23.0. The van der Waals surface area contributed by atoms with Crippen LogP contribution in [0.15, 0.2) is 46.7 Å². The first-order chi connectivity index (χ1) is 19.6. The summed E-state index contributed by atoms with van der Waals surface area (Å²) in [5, 5.41) is 30.9. The summed E-state index contributed by atoms with van der Waals surface area (Å²) < 4.78 is 26.5. The quantitative estimate of drug-likeness (QED) is 0.0902. The smallest absolute Gasteiger partial charge is 0.337 e. The summed E-state index contributed by atoms with van der Waals surface area (Å²) >= 11 is 0. The molecule has 220 valence electrons. The summed E-state index contributed by atoms with van der Waals surface area (Å²) in [6, 6.07) is 6.13. The molecule has 3 rings (SSSR count). The maximum Gasteiger partial charge on any atom is 0.337 e. The second-order valence-corrected chi connectivity index (χ2v) is 8.44. The third-order valence-corrected chi connectivity index (χ3v) is 5.83. The van der Waals surface area contributed by atoms with Gasteiger partial charge in [-0.3, -0.25) is 15.5 Å². The number of carbonyl (C=O) groups is 2. The van der Waals surface area contributed by atoms with E-state index in [1.54, 1.807) is 32.0 Å². The van der Waals surface area contributed by atoms with Gasteiger partial charge < -0.3 is 39.4 Å². The molecule has 0 saturated heterocycles. The van der Waals surface area contributed by atoms with Crippen LogP contribution in [0.3, 0.4) is 0 Å². The fourth-order valence-corrected chi connectivity index (χ4v) is 3.96. The van der Waals surface area contributed by atoms with Crippen molar-refractivity contribution in [2.24, 2.45) is 5.10 Å². The molecule has 0 spiro atoms. The number of aliphatic hydroxyl groups excluding tert-OH is 1. The van der Waals surface area contributed by atoms with E-state index in [-0.39, 0.29) is 47.3 Å². The van der Waals surface area contributed by atoms with Gasteiger partial charge in [0.25, 0.3) is 5.69 Å². The van der Waals surface area contributed by atoms with E-state index in [9.17, 15) is 24.8 Å². The lowest BCUT2D eigenvalue weighted by Crippen LogP contribution is -2.45. The number of carbonyl (C=O) groups excluding carboxylic acids is 2. The van der Waals surface area contributed by atoms with E-state index in [0.29, 0.717) is 17.0 Å². The summed E-state index contributed by atoms with van der Waals surface area (Å²) in [4.78, 5) is 35.4. The molecule has 2 aromatic carbocycles. The number of esters is 1. The molecular formula is C26H31N5O10. The van der Waals surface area contributed by atoms with Crippen LogP contribution in [0.25, 0.3) is 0 Å². The van der Waals surface area contributed by atoms with Gasteiger partial charge in [-0.2, -0.15) is 5.10 Å². The van der Waals surface area contributed by atoms with Crippen molar-refractivity contribution in [2.45, 2.75) is 26.1 Å². The second kappa shape index (κ2) is 13.8. The molecule has 0 fully saturated rings. The van der Waals surface area contributed by atoms with Gasteiger partial charge in [0.15, 0.2) is 29.2 Å². The number of nitro benzene ring substituents is 1. The lowest BCUT2D eigenvalue weighted by Gasteiger charge is -2.28. The van der Waals surface area contributed by atoms with Crippen molar-refractivity contribution in [1.82, 2.24) is 16.1 Å². The number of ether oxygens (including phenoxy) is 5. The molecule has 0 aromatic heterocycles. The highest BCUT2D eigenvalue weighted by molar-refractivity contribution is 5.95. The van der Waals surface area contributed by atoms with Crippen molar-refractivity contribution in [3.05, 3.63) is 62.8 Å². The molecule has 2 aromatic rings. The van der Waals surface area contributed by atoms with Crippen molar-refractivity contribution in [3.8, 4) is 23.0 Å². The summed E-state index contributed by atoms with van der Waals surface area (Å²) in [6.45, 7) is 3.37. The molecule has 0 saturated carbocycles. The monoisotopic (exact) mass is 573 g/mol. The first-order valence-electron chi connectivity index (χ1n) is 12.3. The van der Waals surface area contributed by atoms with Crippen molar-refractivity contribution < 1.29 is 43.3 Å². The van der Waals surface area contributed by atoms with E-state index in [2.05, 4.69) is 21.2 Å². The van der Waals surface area contributed by atoms with Crippen molar-refractivity contribution in [2.75, 3.05) is 34.5 Å². The van der Waals surface area contributed by atoms with Crippen molar-refractivity contribution >= 4 is 23.9 Å². The van der Waals surface area contributed by atoms with Crippen LogP contribution in [0.5, 0.6) is 23.0 Å². The Kier molecular flexibility index (Phi) is 10.3. The summed E-state index contributed by atoms with van der Waals surface area (Å²) in [6.07, 6.45) is -0.148. The second-order valence-electron chi connectivity index (χ2n) is 8.44. The Morgan fingerprint density at radius 1 is 1.15 bits per heavy atom. The number of amides is 2. The SMILES string of the molecule is CCOc1cc([C@H]2NC(=O)NC(C)=C2C(=O)OC)ccc1OC[C@H](O)N/N=C\c1cc(OC)c(OC)cc1[N+](=O)[O-].